The van der Waals surface area contributed by atoms with Gasteiger partial charge < -0.3 is 28.9 Å². The van der Waals surface area contributed by atoms with E-state index in [0.29, 0.717) is 0 Å². The highest BCUT2D eigenvalue weighted by molar-refractivity contribution is 8.04. The molecule has 0 radical (unpaired) electrons. The quantitative estimate of drug-likeness (QED) is 0.295. The SMILES string of the molecule is Cc1cc(/C=C2\Sc3ccc4ccccc4c3N2C)cc(C)[n+]1-c1ccccc1.[I-]. The molecule has 0 saturated heterocycles. The molecule has 0 unspecified atom stereocenters. The van der Waals surface area contributed by atoms with Crippen molar-refractivity contribution in [1.82, 2.24) is 0 Å². The summed E-state index contributed by atoms with van der Waals surface area (Å²) in [6.45, 7) is 4.35. The van der Waals surface area contributed by atoms with Crippen molar-refractivity contribution in [3.05, 3.63) is 101 Å². The molecule has 1 aromatic heterocycles. The summed E-state index contributed by atoms with van der Waals surface area (Å²) in [7, 11) is 2.17. The second kappa shape index (κ2) is 8.44. The summed E-state index contributed by atoms with van der Waals surface area (Å²) in [6.07, 6.45) is 2.30. The zero-order valence-electron chi connectivity index (χ0n) is 17.3. The molecule has 2 nitrogen and oxygen atoms in total. The molecule has 0 N–H and O–H groups in total. The Balaban J connectivity index is 0.00000218. The molecule has 0 amide bonds. The maximum atomic E-state index is 2.32. The van der Waals surface area contributed by atoms with E-state index in [-0.39, 0.29) is 24.0 Å². The maximum absolute atomic E-state index is 2.32. The number of thioether (sulfide) groups is 1. The summed E-state index contributed by atoms with van der Waals surface area (Å²) in [4.78, 5) is 3.65. The van der Waals surface area contributed by atoms with Crippen LogP contribution in [-0.2, 0) is 0 Å². The fraction of sp³-hybridized carbons (Fsp3) is 0.115. The second-order valence-corrected chi connectivity index (χ2v) is 8.58. The van der Waals surface area contributed by atoms with E-state index in [4.69, 9.17) is 0 Å². The first-order chi connectivity index (χ1) is 14.1. The molecule has 4 aromatic rings. The van der Waals surface area contributed by atoms with Gasteiger partial charge in [0.2, 0.25) is 5.69 Å². The number of aryl methyl sites for hydroxylation is 2. The average Bonchev–Trinajstić information content (AvgIpc) is 3.04. The minimum absolute atomic E-state index is 0. The lowest BCUT2D eigenvalue weighted by atomic mass is 10.1. The van der Waals surface area contributed by atoms with Crippen LogP contribution >= 0.6 is 11.8 Å². The van der Waals surface area contributed by atoms with Gasteiger partial charge in [0.05, 0.1) is 10.7 Å². The third-order valence-electron chi connectivity index (χ3n) is 5.51. The Hall–Kier alpha value is -2.31. The number of aromatic nitrogens is 1. The molecule has 2 heterocycles. The molecule has 30 heavy (non-hydrogen) atoms. The van der Waals surface area contributed by atoms with Crippen LogP contribution in [0.1, 0.15) is 17.0 Å². The Bertz CT molecular complexity index is 1240. The predicted molar refractivity (Wildman–Crippen MR) is 124 cm³/mol. The number of fused-ring (bicyclic) bond motifs is 3. The van der Waals surface area contributed by atoms with Crippen molar-refractivity contribution in [2.75, 3.05) is 11.9 Å². The highest BCUT2D eigenvalue weighted by atomic mass is 127. The van der Waals surface area contributed by atoms with Crippen LogP contribution in [-0.4, -0.2) is 7.05 Å². The zero-order chi connectivity index (χ0) is 20.0. The van der Waals surface area contributed by atoms with E-state index in [9.17, 15) is 0 Å². The predicted octanol–water partition coefficient (Wildman–Crippen LogP) is 3.28. The summed E-state index contributed by atoms with van der Waals surface area (Å²) >= 11 is 1.85. The second-order valence-electron chi connectivity index (χ2n) is 7.52. The van der Waals surface area contributed by atoms with Crippen molar-refractivity contribution < 1.29 is 28.5 Å². The van der Waals surface area contributed by atoms with Gasteiger partial charge in [0.25, 0.3) is 0 Å². The number of benzene rings is 3. The molecule has 0 spiro atoms. The van der Waals surface area contributed by atoms with Crippen molar-refractivity contribution in [1.29, 1.82) is 0 Å². The lowest BCUT2D eigenvalue weighted by Gasteiger charge is -2.16. The summed E-state index contributed by atoms with van der Waals surface area (Å²) in [6, 6.07) is 28.2. The summed E-state index contributed by atoms with van der Waals surface area (Å²) in [5.41, 5.74) is 6.21. The van der Waals surface area contributed by atoms with Gasteiger partial charge in [0.15, 0.2) is 11.4 Å². The van der Waals surface area contributed by atoms with E-state index in [2.05, 4.69) is 115 Å². The lowest BCUT2D eigenvalue weighted by molar-refractivity contribution is -0.609. The standard InChI is InChI=1S/C26H23N2S.HI/c1-18-15-20(16-19(2)28(18)22-10-5-4-6-11-22)17-25-27(3)26-23-12-8-7-9-21(23)13-14-24(26)29-25;/h4-17H,1-3H3;1H/q+1;/p-1. The normalized spacial score (nSPS) is 14.1. The monoisotopic (exact) mass is 522 g/mol. The van der Waals surface area contributed by atoms with Gasteiger partial charge in [0.1, 0.15) is 0 Å². The molecule has 5 rings (SSSR count). The van der Waals surface area contributed by atoms with Gasteiger partial charge in [-0.05, 0) is 23.1 Å². The third-order valence-corrected chi connectivity index (χ3v) is 6.66. The number of anilines is 1. The van der Waals surface area contributed by atoms with Gasteiger partial charge in [-0.25, -0.2) is 0 Å². The number of hydrogen-bond acceptors (Lipinski definition) is 2. The van der Waals surface area contributed by atoms with Gasteiger partial charge in [-0.1, -0.05) is 60.3 Å². The Morgan fingerprint density at radius 1 is 0.833 bits per heavy atom. The van der Waals surface area contributed by atoms with Crippen molar-refractivity contribution in [3.8, 4) is 5.69 Å². The van der Waals surface area contributed by atoms with Crippen LogP contribution < -0.4 is 33.4 Å². The van der Waals surface area contributed by atoms with Crippen LogP contribution in [0.4, 0.5) is 5.69 Å². The van der Waals surface area contributed by atoms with E-state index in [1.54, 1.807) is 0 Å². The smallest absolute Gasteiger partial charge is 0.211 e. The Morgan fingerprint density at radius 3 is 2.23 bits per heavy atom. The van der Waals surface area contributed by atoms with Crippen LogP contribution in [0.5, 0.6) is 0 Å². The van der Waals surface area contributed by atoms with Crippen molar-refractivity contribution in [3.63, 3.8) is 0 Å². The fourth-order valence-electron chi connectivity index (χ4n) is 4.22. The molecule has 0 bridgehead atoms. The minimum Gasteiger partial charge on any atom is -1.00 e. The van der Waals surface area contributed by atoms with Gasteiger partial charge in [-0.3, -0.25) is 0 Å². The van der Waals surface area contributed by atoms with Crippen LogP contribution in [0.2, 0.25) is 0 Å². The van der Waals surface area contributed by atoms with Gasteiger partial charge in [-0.2, -0.15) is 4.57 Å². The molecule has 0 atom stereocenters. The van der Waals surface area contributed by atoms with Crippen LogP contribution in [0, 0.1) is 13.8 Å². The molecular weight excluding hydrogens is 499 g/mol. The number of rotatable bonds is 2. The number of halogens is 1. The zero-order valence-corrected chi connectivity index (χ0v) is 20.2. The van der Waals surface area contributed by atoms with E-state index < -0.39 is 0 Å². The van der Waals surface area contributed by atoms with Gasteiger partial charge in [0, 0.05) is 55.4 Å². The Morgan fingerprint density at radius 2 is 1.50 bits per heavy atom. The summed E-state index contributed by atoms with van der Waals surface area (Å²) in [5, 5.41) is 3.86. The molecule has 0 fully saturated rings. The first kappa shape index (κ1) is 20.9. The molecule has 150 valence electrons. The highest BCUT2D eigenvalue weighted by Crippen LogP contribution is 2.49. The lowest BCUT2D eigenvalue weighted by Crippen LogP contribution is -3.00. The average molecular weight is 522 g/mol. The van der Waals surface area contributed by atoms with Crippen LogP contribution in [0.15, 0.2) is 88.8 Å². The molecule has 1 aliphatic heterocycles. The van der Waals surface area contributed by atoms with Crippen molar-refractivity contribution in [2.45, 2.75) is 18.7 Å². The fourth-order valence-corrected chi connectivity index (χ4v) is 5.35. The number of pyridine rings is 1. The Kier molecular flexibility index (Phi) is 5.89. The summed E-state index contributed by atoms with van der Waals surface area (Å²) < 4.78 is 2.30. The first-order valence-electron chi connectivity index (χ1n) is 9.85. The van der Waals surface area contributed by atoms with E-state index in [1.807, 2.05) is 11.8 Å². The van der Waals surface area contributed by atoms with Crippen LogP contribution in [0.25, 0.3) is 22.5 Å². The van der Waals surface area contributed by atoms with E-state index >= 15 is 0 Å². The number of para-hydroxylation sites is 1. The topological polar surface area (TPSA) is 7.12 Å². The highest BCUT2D eigenvalue weighted by Gasteiger charge is 2.24. The third kappa shape index (κ3) is 3.63. The largest absolute Gasteiger partial charge is 1.00 e. The maximum Gasteiger partial charge on any atom is 0.211 e. The first-order valence-corrected chi connectivity index (χ1v) is 10.7. The molecule has 3 aromatic carbocycles. The molecule has 4 heteroatoms. The van der Waals surface area contributed by atoms with E-state index in [1.165, 1.54) is 49.0 Å². The number of nitrogens with zero attached hydrogens (tertiary/aromatic N) is 2. The van der Waals surface area contributed by atoms with Crippen molar-refractivity contribution >= 4 is 34.3 Å². The van der Waals surface area contributed by atoms with Crippen LogP contribution in [0.3, 0.4) is 0 Å². The van der Waals surface area contributed by atoms with Crippen molar-refractivity contribution in [2.24, 2.45) is 0 Å². The molecule has 0 saturated carbocycles. The summed E-state index contributed by atoms with van der Waals surface area (Å²) in [5.74, 6) is 0. The molecular formula is C26H23IN2S. The minimum atomic E-state index is 0. The Labute approximate surface area is 199 Å². The molecule has 1 aliphatic rings. The number of hydrogen-bond donors (Lipinski definition) is 0. The van der Waals surface area contributed by atoms with Gasteiger partial charge in [-0.15, -0.1) is 0 Å². The van der Waals surface area contributed by atoms with E-state index in [0.717, 1.165) is 0 Å². The molecule has 0 aliphatic carbocycles. The van der Waals surface area contributed by atoms with Gasteiger partial charge >= 0.3 is 0 Å².